The van der Waals surface area contributed by atoms with E-state index in [1.54, 1.807) is 0 Å². The van der Waals surface area contributed by atoms with Gasteiger partial charge < -0.3 is 15.0 Å². The van der Waals surface area contributed by atoms with Gasteiger partial charge in [0.1, 0.15) is 0 Å². The second kappa shape index (κ2) is 6.90. The van der Waals surface area contributed by atoms with Gasteiger partial charge in [-0.1, -0.05) is 23.7 Å². The third kappa shape index (κ3) is 3.44. The number of nitrogens with zero attached hydrogens (tertiary/aromatic N) is 1. The third-order valence-electron chi connectivity index (χ3n) is 6.23. The van der Waals surface area contributed by atoms with Gasteiger partial charge in [-0.25, -0.2) is 0 Å². The molecule has 136 valence electrons. The molecule has 1 aromatic carbocycles. The van der Waals surface area contributed by atoms with E-state index in [4.69, 9.17) is 16.3 Å². The molecular weight excluding hydrogens is 336 g/mol. The maximum absolute atomic E-state index is 13.3. The SMILES string of the molecule is O=C(N1CCC2(CCCCO2)CC1)C1(Cc2ccc(Cl)cc2)CNC1. The average molecular weight is 363 g/mol. The predicted octanol–water partition coefficient (Wildman–Crippen LogP) is 3.03. The van der Waals surface area contributed by atoms with Crippen molar-refractivity contribution in [3.63, 3.8) is 0 Å². The Morgan fingerprint density at radius 2 is 1.84 bits per heavy atom. The van der Waals surface area contributed by atoms with Gasteiger partial charge in [0.05, 0.1) is 11.0 Å². The second-order valence-electron chi connectivity index (χ2n) is 7.97. The highest BCUT2D eigenvalue weighted by atomic mass is 35.5. The van der Waals surface area contributed by atoms with Crippen molar-refractivity contribution in [3.05, 3.63) is 34.9 Å². The van der Waals surface area contributed by atoms with Crippen LogP contribution in [0.2, 0.25) is 5.02 Å². The highest BCUT2D eigenvalue weighted by Crippen LogP contribution is 2.37. The van der Waals surface area contributed by atoms with E-state index in [0.717, 1.165) is 63.5 Å². The van der Waals surface area contributed by atoms with E-state index in [9.17, 15) is 4.79 Å². The smallest absolute Gasteiger partial charge is 0.231 e. The van der Waals surface area contributed by atoms with Crippen LogP contribution in [0.15, 0.2) is 24.3 Å². The molecule has 0 bridgehead atoms. The Labute approximate surface area is 154 Å². The minimum atomic E-state index is -0.286. The lowest BCUT2D eigenvalue weighted by molar-refractivity contribution is -0.155. The van der Waals surface area contributed by atoms with Crippen LogP contribution in [-0.4, -0.2) is 49.2 Å². The summed E-state index contributed by atoms with van der Waals surface area (Å²) < 4.78 is 6.10. The van der Waals surface area contributed by atoms with Crippen molar-refractivity contribution in [1.82, 2.24) is 10.2 Å². The van der Waals surface area contributed by atoms with Crippen molar-refractivity contribution in [2.75, 3.05) is 32.8 Å². The fourth-order valence-electron chi connectivity index (χ4n) is 4.53. The highest BCUT2D eigenvalue weighted by molar-refractivity contribution is 6.30. The molecule has 0 radical (unpaired) electrons. The molecule has 1 aromatic rings. The normalized spacial score (nSPS) is 24.8. The first-order valence-corrected chi connectivity index (χ1v) is 9.87. The van der Waals surface area contributed by atoms with E-state index in [1.807, 2.05) is 24.3 Å². The molecule has 1 N–H and O–H groups in total. The lowest BCUT2D eigenvalue weighted by atomic mass is 9.74. The van der Waals surface area contributed by atoms with E-state index < -0.39 is 0 Å². The lowest BCUT2D eigenvalue weighted by Gasteiger charge is -2.49. The molecule has 1 amide bonds. The molecule has 3 aliphatic rings. The van der Waals surface area contributed by atoms with Gasteiger partial charge in [0.15, 0.2) is 0 Å². The van der Waals surface area contributed by atoms with Gasteiger partial charge in [-0.2, -0.15) is 0 Å². The first kappa shape index (κ1) is 17.3. The summed E-state index contributed by atoms with van der Waals surface area (Å²) in [6.45, 7) is 4.10. The number of halogens is 1. The summed E-state index contributed by atoms with van der Waals surface area (Å²) in [5, 5.41) is 4.05. The molecule has 0 unspecified atom stereocenters. The monoisotopic (exact) mass is 362 g/mol. The number of nitrogens with one attached hydrogen (secondary N) is 1. The van der Waals surface area contributed by atoms with Crippen molar-refractivity contribution < 1.29 is 9.53 Å². The van der Waals surface area contributed by atoms with Crippen LogP contribution in [0.4, 0.5) is 0 Å². The predicted molar refractivity (Wildman–Crippen MR) is 98.8 cm³/mol. The Hall–Kier alpha value is -1.10. The van der Waals surface area contributed by atoms with Crippen molar-refractivity contribution in [1.29, 1.82) is 0 Å². The quantitative estimate of drug-likeness (QED) is 0.898. The molecule has 0 aliphatic carbocycles. The summed E-state index contributed by atoms with van der Waals surface area (Å²) in [5.74, 6) is 0.312. The molecule has 3 fully saturated rings. The third-order valence-corrected chi connectivity index (χ3v) is 6.49. The van der Waals surface area contributed by atoms with E-state index >= 15 is 0 Å². The first-order valence-electron chi connectivity index (χ1n) is 9.50. The fourth-order valence-corrected chi connectivity index (χ4v) is 4.65. The summed E-state index contributed by atoms with van der Waals surface area (Å²) in [6.07, 6.45) is 6.37. The number of hydrogen-bond donors (Lipinski definition) is 1. The van der Waals surface area contributed by atoms with Gasteiger partial charge in [-0.3, -0.25) is 4.79 Å². The molecule has 0 atom stereocenters. The summed E-state index contributed by atoms with van der Waals surface area (Å²) in [7, 11) is 0. The zero-order chi connectivity index (χ0) is 17.3. The molecule has 0 saturated carbocycles. The van der Waals surface area contributed by atoms with Crippen LogP contribution in [0, 0.1) is 5.41 Å². The fraction of sp³-hybridized carbons (Fsp3) is 0.650. The molecule has 1 spiro atoms. The van der Waals surface area contributed by atoms with Crippen LogP contribution in [0.5, 0.6) is 0 Å². The summed E-state index contributed by atoms with van der Waals surface area (Å²) in [5.41, 5.74) is 0.950. The molecule has 4 nitrogen and oxygen atoms in total. The molecular formula is C20H27ClN2O2. The molecule has 0 aromatic heterocycles. The Kier molecular flexibility index (Phi) is 4.78. The van der Waals surface area contributed by atoms with Crippen LogP contribution < -0.4 is 5.32 Å². The van der Waals surface area contributed by atoms with Crippen LogP contribution in [0.3, 0.4) is 0 Å². The zero-order valence-corrected chi connectivity index (χ0v) is 15.5. The van der Waals surface area contributed by atoms with Crippen molar-refractivity contribution in [2.45, 2.75) is 44.1 Å². The Morgan fingerprint density at radius 1 is 1.12 bits per heavy atom. The summed E-state index contributed by atoms with van der Waals surface area (Å²) in [4.78, 5) is 15.3. The molecule has 25 heavy (non-hydrogen) atoms. The molecule has 3 saturated heterocycles. The van der Waals surface area contributed by atoms with Crippen molar-refractivity contribution in [2.24, 2.45) is 5.41 Å². The van der Waals surface area contributed by atoms with Crippen LogP contribution in [0.25, 0.3) is 0 Å². The Bertz CT molecular complexity index is 611. The topological polar surface area (TPSA) is 41.6 Å². The number of hydrogen-bond acceptors (Lipinski definition) is 3. The van der Waals surface area contributed by atoms with E-state index in [0.29, 0.717) is 5.91 Å². The molecule has 3 heterocycles. The van der Waals surface area contributed by atoms with Gasteiger partial charge in [-0.05, 0) is 56.2 Å². The number of ether oxygens (including phenoxy) is 1. The van der Waals surface area contributed by atoms with Crippen LogP contribution in [-0.2, 0) is 16.0 Å². The minimum absolute atomic E-state index is 0.0518. The number of benzene rings is 1. The Balaban J connectivity index is 1.41. The van der Waals surface area contributed by atoms with Gasteiger partial charge >= 0.3 is 0 Å². The Morgan fingerprint density at radius 3 is 2.40 bits per heavy atom. The van der Waals surface area contributed by atoms with Gasteiger partial charge in [0, 0.05) is 37.8 Å². The zero-order valence-electron chi connectivity index (χ0n) is 14.7. The number of piperidine rings is 1. The first-order chi connectivity index (χ1) is 12.1. The van der Waals surface area contributed by atoms with E-state index in [2.05, 4.69) is 10.2 Å². The van der Waals surface area contributed by atoms with Crippen molar-refractivity contribution in [3.8, 4) is 0 Å². The van der Waals surface area contributed by atoms with E-state index in [1.165, 1.54) is 18.4 Å². The number of rotatable bonds is 3. The van der Waals surface area contributed by atoms with Gasteiger partial charge in [0.25, 0.3) is 0 Å². The van der Waals surface area contributed by atoms with Crippen molar-refractivity contribution >= 4 is 17.5 Å². The number of carbonyl (C=O) groups is 1. The summed E-state index contributed by atoms with van der Waals surface area (Å²) >= 11 is 5.99. The lowest BCUT2D eigenvalue weighted by Crippen LogP contribution is -2.64. The van der Waals surface area contributed by atoms with Crippen LogP contribution in [0.1, 0.15) is 37.7 Å². The largest absolute Gasteiger partial charge is 0.375 e. The minimum Gasteiger partial charge on any atom is -0.375 e. The molecule has 5 heteroatoms. The standard InChI is InChI=1S/C20H27ClN2O2/c21-17-5-3-16(4-6-17)13-19(14-22-15-19)18(24)23-10-8-20(9-11-23)7-1-2-12-25-20/h3-6,22H,1-2,7-15H2. The molecule has 4 rings (SSSR count). The number of likely N-dealkylation sites (tertiary alicyclic amines) is 1. The van der Waals surface area contributed by atoms with Gasteiger partial charge in [-0.15, -0.1) is 0 Å². The maximum atomic E-state index is 13.3. The highest BCUT2D eigenvalue weighted by Gasteiger charge is 2.48. The van der Waals surface area contributed by atoms with Crippen LogP contribution >= 0.6 is 11.6 Å². The number of carbonyl (C=O) groups excluding carboxylic acids is 1. The molecule has 3 aliphatic heterocycles. The van der Waals surface area contributed by atoms with E-state index in [-0.39, 0.29) is 11.0 Å². The van der Waals surface area contributed by atoms with Gasteiger partial charge in [0.2, 0.25) is 5.91 Å². The number of amides is 1. The average Bonchev–Trinajstić information content (AvgIpc) is 2.61. The maximum Gasteiger partial charge on any atom is 0.231 e. The second-order valence-corrected chi connectivity index (χ2v) is 8.40. The summed E-state index contributed by atoms with van der Waals surface area (Å²) in [6, 6.07) is 7.89.